The highest BCUT2D eigenvalue weighted by Gasteiger charge is 2.34. The van der Waals surface area contributed by atoms with Crippen molar-refractivity contribution in [3.8, 4) is 5.75 Å². The number of alkyl halides is 3. The molecule has 1 amide bonds. The molecule has 13 heteroatoms. The van der Waals surface area contributed by atoms with Crippen LogP contribution < -0.4 is 21.1 Å². The number of benzene rings is 3. The molecule has 2 aliphatic rings. The zero-order valence-electron chi connectivity index (χ0n) is 25.7. The molecule has 10 nitrogen and oxygen atoms in total. The molecule has 240 valence electrons. The number of carbonyl (C=O) groups excluding carboxylic acids is 1. The Bertz CT molecular complexity index is 1720. The standard InChI is InChI=1S/C33H35F3N8O2/c1-20-4-11-25(46-32-27(18-39-2)29(38)41-30(42-32)21-5-8-23(37)9-6-21)17-26(20)31(45)40-24-10-7-22(28(16-24)33(34,35)36)19-44-14-12-43(3)13-15-44/h4-11,16-18,38-39H,12-15,19,37H2,1-3H3,(H,40,45)/b27-18+,38-29?. The second-order valence-electron chi connectivity index (χ2n) is 11.2. The minimum absolute atomic E-state index is 0.0267. The Morgan fingerprint density at radius 3 is 2.43 bits per heavy atom. The fourth-order valence-electron chi connectivity index (χ4n) is 5.08. The van der Waals surface area contributed by atoms with Crippen molar-refractivity contribution in [2.75, 3.05) is 51.3 Å². The number of amidine groups is 2. The maximum Gasteiger partial charge on any atom is 0.416 e. The van der Waals surface area contributed by atoms with E-state index < -0.39 is 17.6 Å². The highest BCUT2D eigenvalue weighted by Crippen LogP contribution is 2.35. The van der Waals surface area contributed by atoms with E-state index in [4.69, 9.17) is 15.9 Å². The van der Waals surface area contributed by atoms with Crippen LogP contribution in [-0.4, -0.2) is 73.6 Å². The van der Waals surface area contributed by atoms with Crippen LogP contribution in [0, 0.1) is 12.3 Å². The molecule has 3 aromatic rings. The van der Waals surface area contributed by atoms with Gasteiger partial charge < -0.3 is 26.0 Å². The van der Waals surface area contributed by atoms with Gasteiger partial charge in [0.15, 0.2) is 11.7 Å². The number of nitrogens with one attached hydrogen (secondary N) is 3. The van der Waals surface area contributed by atoms with E-state index in [-0.39, 0.29) is 52.3 Å². The zero-order valence-corrected chi connectivity index (χ0v) is 25.7. The van der Waals surface area contributed by atoms with Crippen molar-refractivity contribution in [3.63, 3.8) is 0 Å². The summed E-state index contributed by atoms with van der Waals surface area (Å²) in [5.74, 6) is -0.137. The summed E-state index contributed by atoms with van der Waals surface area (Å²) in [6, 6.07) is 15.5. The molecular formula is C33H35F3N8O2. The number of rotatable bonds is 7. The number of amides is 1. The number of piperazine rings is 1. The van der Waals surface area contributed by atoms with E-state index in [0.29, 0.717) is 29.9 Å². The van der Waals surface area contributed by atoms with E-state index in [1.165, 1.54) is 24.4 Å². The molecule has 46 heavy (non-hydrogen) atoms. The van der Waals surface area contributed by atoms with Crippen LogP contribution in [0.1, 0.15) is 32.6 Å². The predicted octanol–water partition coefficient (Wildman–Crippen LogP) is 4.91. The van der Waals surface area contributed by atoms with E-state index in [1.54, 1.807) is 50.4 Å². The zero-order chi connectivity index (χ0) is 33.0. The summed E-state index contributed by atoms with van der Waals surface area (Å²) in [6.07, 6.45) is -3.06. The number of likely N-dealkylation sites (N-methyl/N-ethyl adjacent to an activating group) is 1. The van der Waals surface area contributed by atoms with Crippen LogP contribution in [0.3, 0.4) is 0 Å². The number of halogens is 3. The lowest BCUT2D eigenvalue weighted by Crippen LogP contribution is -2.44. The van der Waals surface area contributed by atoms with Crippen molar-refractivity contribution in [3.05, 3.63) is 100 Å². The van der Waals surface area contributed by atoms with Crippen LogP contribution in [-0.2, 0) is 12.7 Å². The van der Waals surface area contributed by atoms with Gasteiger partial charge in [0.2, 0.25) is 5.90 Å². The van der Waals surface area contributed by atoms with E-state index >= 15 is 0 Å². The molecule has 3 aromatic carbocycles. The van der Waals surface area contributed by atoms with Gasteiger partial charge in [-0.3, -0.25) is 15.1 Å². The molecule has 5 rings (SSSR count). The molecule has 0 saturated carbocycles. The molecule has 2 aliphatic heterocycles. The fourth-order valence-corrected chi connectivity index (χ4v) is 5.08. The van der Waals surface area contributed by atoms with E-state index in [2.05, 4.69) is 25.5 Å². The van der Waals surface area contributed by atoms with Crippen molar-refractivity contribution in [2.24, 2.45) is 9.98 Å². The van der Waals surface area contributed by atoms with Crippen LogP contribution in [0.15, 0.2) is 82.4 Å². The monoisotopic (exact) mass is 632 g/mol. The molecule has 5 N–H and O–H groups in total. The van der Waals surface area contributed by atoms with E-state index in [9.17, 15) is 18.0 Å². The summed E-state index contributed by atoms with van der Waals surface area (Å²) < 4.78 is 48.4. The van der Waals surface area contributed by atoms with Gasteiger partial charge in [0.1, 0.15) is 5.75 Å². The van der Waals surface area contributed by atoms with Gasteiger partial charge in [-0.25, -0.2) is 4.99 Å². The van der Waals surface area contributed by atoms with Crippen LogP contribution in [0.25, 0.3) is 0 Å². The third kappa shape index (κ3) is 7.61. The van der Waals surface area contributed by atoms with Crippen molar-refractivity contribution in [1.82, 2.24) is 15.1 Å². The number of anilines is 2. The average molecular weight is 633 g/mol. The number of nitrogens with zero attached hydrogens (tertiary/aromatic N) is 4. The van der Waals surface area contributed by atoms with Crippen LogP contribution in [0.2, 0.25) is 0 Å². The molecule has 0 unspecified atom stereocenters. The summed E-state index contributed by atoms with van der Waals surface area (Å²) in [4.78, 5) is 26.3. The Kier molecular flexibility index (Phi) is 9.54. The van der Waals surface area contributed by atoms with Crippen molar-refractivity contribution < 1.29 is 22.7 Å². The Hall–Kier alpha value is -5.01. The van der Waals surface area contributed by atoms with Gasteiger partial charge in [-0.15, -0.1) is 0 Å². The van der Waals surface area contributed by atoms with Gasteiger partial charge in [-0.05, 0) is 73.6 Å². The number of nitrogen functional groups attached to an aromatic ring is 1. The van der Waals surface area contributed by atoms with E-state index in [0.717, 1.165) is 19.2 Å². The number of aryl methyl sites for hydroxylation is 1. The minimum atomic E-state index is -4.59. The van der Waals surface area contributed by atoms with Crippen LogP contribution in [0.4, 0.5) is 24.5 Å². The first-order valence-corrected chi connectivity index (χ1v) is 14.6. The summed E-state index contributed by atoms with van der Waals surface area (Å²) in [5, 5.41) is 13.9. The van der Waals surface area contributed by atoms with Gasteiger partial charge in [0.25, 0.3) is 5.91 Å². The molecule has 0 aliphatic carbocycles. The number of hydrogen-bond donors (Lipinski definition) is 4. The molecule has 0 bridgehead atoms. The van der Waals surface area contributed by atoms with Crippen LogP contribution in [0.5, 0.6) is 5.75 Å². The summed E-state index contributed by atoms with van der Waals surface area (Å²) >= 11 is 0. The number of hydrogen-bond acceptors (Lipinski definition) is 8. The Balaban J connectivity index is 1.38. The van der Waals surface area contributed by atoms with Gasteiger partial charge in [0, 0.05) is 68.5 Å². The number of aliphatic imine (C=N–C) groups is 2. The topological polar surface area (TPSA) is 131 Å². The predicted molar refractivity (Wildman–Crippen MR) is 174 cm³/mol. The maximum atomic E-state index is 14.1. The minimum Gasteiger partial charge on any atom is -0.438 e. The molecule has 0 aromatic heterocycles. The number of carbonyl (C=O) groups is 1. The normalized spacial score (nSPS) is 17.0. The quantitative estimate of drug-likeness (QED) is 0.274. The maximum absolute atomic E-state index is 14.1. The number of ether oxygens (including phenoxy) is 1. The highest BCUT2D eigenvalue weighted by molar-refractivity contribution is 6.30. The summed E-state index contributed by atoms with van der Waals surface area (Å²) in [7, 11) is 3.65. The first-order valence-electron chi connectivity index (χ1n) is 14.6. The van der Waals surface area contributed by atoms with Crippen molar-refractivity contribution >= 4 is 34.9 Å². The Morgan fingerprint density at radius 1 is 1.04 bits per heavy atom. The highest BCUT2D eigenvalue weighted by atomic mass is 19.4. The lowest BCUT2D eigenvalue weighted by atomic mass is 10.0. The Morgan fingerprint density at radius 2 is 1.76 bits per heavy atom. The first-order chi connectivity index (χ1) is 21.9. The SMILES string of the molecule is CN/C=C1\C(=N)N=C(c2ccc(N)cc2)N=C1Oc1ccc(C)c(C(=O)Nc2ccc(CN3CCN(C)CC3)c(C(F)(F)F)c2)c1. The molecular weight excluding hydrogens is 597 g/mol. The lowest BCUT2D eigenvalue weighted by Gasteiger charge is -2.33. The Labute approximate surface area is 265 Å². The molecule has 0 spiro atoms. The number of nitrogens with two attached hydrogens (primary N) is 1. The first kappa shape index (κ1) is 32.4. The second kappa shape index (κ2) is 13.5. The summed E-state index contributed by atoms with van der Waals surface area (Å²) in [5.41, 5.74) is 7.46. The van der Waals surface area contributed by atoms with Gasteiger partial charge >= 0.3 is 6.18 Å². The van der Waals surface area contributed by atoms with Gasteiger partial charge in [-0.1, -0.05) is 12.1 Å². The molecule has 1 fully saturated rings. The van der Waals surface area contributed by atoms with E-state index in [1.807, 2.05) is 11.9 Å². The lowest BCUT2D eigenvalue weighted by molar-refractivity contribution is -0.138. The van der Waals surface area contributed by atoms with Crippen LogP contribution >= 0.6 is 0 Å². The molecule has 0 radical (unpaired) electrons. The summed E-state index contributed by atoms with van der Waals surface area (Å²) in [6.45, 7) is 4.82. The fraction of sp³-hybridized carbons (Fsp3) is 0.273. The largest absolute Gasteiger partial charge is 0.438 e. The molecule has 0 atom stereocenters. The van der Waals surface area contributed by atoms with Crippen molar-refractivity contribution in [2.45, 2.75) is 19.6 Å². The van der Waals surface area contributed by atoms with Gasteiger partial charge in [-0.2, -0.15) is 18.2 Å². The third-order valence-corrected chi connectivity index (χ3v) is 7.70. The van der Waals surface area contributed by atoms with Crippen molar-refractivity contribution in [1.29, 1.82) is 5.41 Å². The third-order valence-electron chi connectivity index (χ3n) is 7.70. The second-order valence-corrected chi connectivity index (χ2v) is 11.2. The molecule has 1 saturated heterocycles. The smallest absolute Gasteiger partial charge is 0.416 e. The average Bonchev–Trinajstić information content (AvgIpc) is 3.01. The molecule has 2 heterocycles. The van der Waals surface area contributed by atoms with Gasteiger partial charge in [0.05, 0.1) is 11.1 Å².